The van der Waals surface area contributed by atoms with Crippen molar-refractivity contribution in [3.63, 3.8) is 0 Å². The van der Waals surface area contributed by atoms with E-state index in [1.807, 2.05) is 6.92 Å². The average molecular weight is 507 g/mol. The number of fused-ring (bicyclic) bond motifs is 3. The lowest BCUT2D eigenvalue weighted by Gasteiger charge is -2.37. The summed E-state index contributed by atoms with van der Waals surface area (Å²) in [5.41, 5.74) is 1.26. The number of ether oxygens (including phenoxy) is 2. The van der Waals surface area contributed by atoms with Crippen LogP contribution in [0.1, 0.15) is 66.8 Å². The van der Waals surface area contributed by atoms with Crippen LogP contribution in [0.25, 0.3) is 0 Å². The van der Waals surface area contributed by atoms with E-state index >= 15 is 0 Å². The first-order chi connectivity index (χ1) is 17.1. The summed E-state index contributed by atoms with van der Waals surface area (Å²) in [4.78, 5) is 31.2. The van der Waals surface area contributed by atoms with Crippen LogP contribution < -0.4 is 4.74 Å². The maximum atomic E-state index is 13.3. The highest BCUT2D eigenvalue weighted by atomic mass is 19.4. The fraction of sp³-hybridized carbons (Fsp3) is 0.600. The van der Waals surface area contributed by atoms with E-state index in [-0.39, 0.29) is 25.1 Å². The molecule has 3 aliphatic rings. The van der Waals surface area contributed by atoms with E-state index in [2.05, 4.69) is 17.0 Å². The average Bonchev–Trinajstić information content (AvgIpc) is 3.13. The third-order valence-corrected chi connectivity index (χ3v) is 7.68. The van der Waals surface area contributed by atoms with Crippen molar-refractivity contribution in [2.45, 2.75) is 70.8 Å². The molecular weight excluding hydrogens is 477 g/mol. The van der Waals surface area contributed by atoms with Crippen LogP contribution in [0, 0.1) is 11.8 Å². The third kappa shape index (κ3) is 4.32. The Balaban J connectivity index is 1.26. The molecule has 1 saturated carbocycles. The zero-order chi connectivity index (χ0) is 25.8. The van der Waals surface area contributed by atoms with Gasteiger partial charge in [-0.1, -0.05) is 6.92 Å². The predicted octanol–water partition coefficient (Wildman–Crippen LogP) is 3.84. The van der Waals surface area contributed by atoms with Crippen LogP contribution in [0.2, 0.25) is 0 Å². The van der Waals surface area contributed by atoms with Gasteiger partial charge in [0.05, 0.1) is 6.61 Å². The van der Waals surface area contributed by atoms with Gasteiger partial charge in [-0.15, -0.1) is 0 Å². The van der Waals surface area contributed by atoms with Gasteiger partial charge in [0.15, 0.2) is 5.69 Å². The molecule has 2 unspecified atom stereocenters. The molecule has 0 spiro atoms. The number of amides is 1. The van der Waals surface area contributed by atoms with Crippen molar-refractivity contribution >= 4 is 11.9 Å². The number of piperidine rings is 1. The second-order valence-electron chi connectivity index (χ2n) is 9.89. The minimum atomic E-state index is -4.56. The molecule has 0 bridgehead atoms. The van der Waals surface area contributed by atoms with Crippen molar-refractivity contribution < 1.29 is 32.2 Å². The van der Waals surface area contributed by atoms with E-state index in [0.717, 1.165) is 23.7 Å². The molecule has 0 N–H and O–H groups in total. The molecule has 8 nitrogen and oxygen atoms in total. The molecule has 2 aliphatic carbocycles. The summed E-state index contributed by atoms with van der Waals surface area (Å²) < 4.78 is 52.3. The Morgan fingerprint density at radius 2 is 2.03 bits per heavy atom. The summed E-state index contributed by atoms with van der Waals surface area (Å²) in [7, 11) is 0. The van der Waals surface area contributed by atoms with Gasteiger partial charge in [-0.2, -0.15) is 18.3 Å². The van der Waals surface area contributed by atoms with Crippen LogP contribution >= 0.6 is 0 Å². The normalized spacial score (nSPS) is 26.8. The molecule has 194 valence electrons. The maximum absolute atomic E-state index is 13.3. The first-order valence-electron chi connectivity index (χ1n) is 12.3. The minimum absolute atomic E-state index is 0.00385. The van der Waals surface area contributed by atoms with Gasteiger partial charge in [0.25, 0.3) is 0 Å². The summed E-state index contributed by atoms with van der Waals surface area (Å²) >= 11 is 0. The van der Waals surface area contributed by atoms with E-state index in [9.17, 15) is 22.8 Å². The van der Waals surface area contributed by atoms with Gasteiger partial charge < -0.3 is 14.4 Å². The molecule has 2 aromatic heterocycles. The number of nitrogens with zero attached hydrogens (tertiary/aromatic N) is 4. The first-order valence-corrected chi connectivity index (χ1v) is 12.3. The van der Waals surface area contributed by atoms with Gasteiger partial charge in [0.2, 0.25) is 11.8 Å². The summed E-state index contributed by atoms with van der Waals surface area (Å²) in [6.45, 7) is 6.35. The summed E-state index contributed by atoms with van der Waals surface area (Å²) in [5.74, 6) is 0.224. The van der Waals surface area contributed by atoms with E-state index in [0.29, 0.717) is 42.8 Å². The summed E-state index contributed by atoms with van der Waals surface area (Å²) in [6, 6.07) is 1.93. The Bertz CT molecular complexity index is 1180. The molecule has 5 rings (SSSR count). The fourth-order valence-electron chi connectivity index (χ4n) is 5.80. The number of aromatic nitrogens is 3. The highest BCUT2D eigenvalue weighted by Gasteiger charge is 2.56. The van der Waals surface area contributed by atoms with Crippen LogP contribution in [0.15, 0.2) is 18.3 Å². The number of esters is 1. The van der Waals surface area contributed by atoms with Crippen LogP contribution in [-0.4, -0.2) is 56.8 Å². The molecule has 0 aromatic carbocycles. The van der Waals surface area contributed by atoms with Gasteiger partial charge in [-0.3, -0.25) is 9.48 Å². The third-order valence-electron chi connectivity index (χ3n) is 7.68. The standard InChI is InChI=1S/C25H29F3N4O4/c1-4-35-24(34)22-21-18(11-16-14(3)20(16)21)32(30-22)12-19(33)31-9-7-15(10-13(31)2)36-23-17(25(26,27)28)6-5-8-29-23/h5-6,8,13-16,20H,4,7,9-12H2,1-3H3/t13-,14-,15-,16?,20?/m1/s1. The highest BCUT2D eigenvalue weighted by molar-refractivity contribution is 5.90. The van der Waals surface area contributed by atoms with Crippen molar-refractivity contribution in [1.82, 2.24) is 19.7 Å². The van der Waals surface area contributed by atoms with Crippen molar-refractivity contribution in [2.75, 3.05) is 13.2 Å². The molecule has 11 heteroatoms. The molecule has 1 amide bonds. The monoisotopic (exact) mass is 506 g/mol. The Hall–Kier alpha value is -3.11. The smallest absolute Gasteiger partial charge is 0.421 e. The molecule has 5 atom stereocenters. The number of likely N-dealkylation sites (tertiary alicyclic amines) is 1. The Labute approximate surface area is 206 Å². The minimum Gasteiger partial charge on any atom is -0.474 e. The maximum Gasteiger partial charge on any atom is 0.421 e. The van der Waals surface area contributed by atoms with Crippen LogP contribution in [0.4, 0.5) is 13.2 Å². The zero-order valence-electron chi connectivity index (χ0n) is 20.4. The Kier molecular flexibility index (Phi) is 6.20. The van der Waals surface area contributed by atoms with Crippen molar-refractivity contribution in [3.8, 4) is 5.88 Å². The van der Waals surface area contributed by atoms with E-state index in [4.69, 9.17) is 9.47 Å². The molecular formula is C25H29F3N4O4. The molecule has 0 radical (unpaired) electrons. The van der Waals surface area contributed by atoms with Gasteiger partial charge in [-0.25, -0.2) is 9.78 Å². The van der Waals surface area contributed by atoms with Crippen molar-refractivity contribution in [2.24, 2.45) is 11.8 Å². The van der Waals surface area contributed by atoms with Gasteiger partial charge in [-0.05, 0) is 50.2 Å². The van der Waals surface area contributed by atoms with E-state index in [1.54, 1.807) is 16.5 Å². The lowest BCUT2D eigenvalue weighted by Crippen LogP contribution is -2.48. The Morgan fingerprint density at radius 3 is 2.72 bits per heavy atom. The number of rotatable bonds is 6. The molecule has 1 aliphatic heterocycles. The zero-order valence-corrected chi connectivity index (χ0v) is 20.4. The number of carbonyl (C=O) groups is 2. The molecule has 2 aromatic rings. The topological polar surface area (TPSA) is 86.5 Å². The van der Waals surface area contributed by atoms with E-state index in [1.165, 1.54) is 12.3 Å². The SMILES string of the molecule is CCOC(=O)c1nn(CC(=O)N2CC[C@@H](Oc3ncccc3C(F)(F)F)C[C@H]2C)c2c1C1C(C2)[C@H]1C. The van der Waals surface area contributed by atoms with Gasteiger partial charge in [0.1, 0.15) is 18.2 Å². The molecule has 36 heavy (non-hydrogen) atoms. The number of alkyl halides is 3. The summed E-state index contributed by atoms with van der Waals surface area (Å²) in [5, 5.41) is 4.48. The molecule has 1 saturated heterocycles. The van der Waals surface area contributed by atoms with Gasteiger partial charge >= 0.3 is 12.1 Å². The van der Waals surface area contributed by atoms with Crippen molar-refractivity contribution in [3.05, 3.63) is 40.8 Å². The number of hydrogen-bond acceptors (Lipinski definition) is 6. The number of pyridine rings is 1. The summed E-state index contributed by atoms with van der Waals surface area (Å²) in [6.07, 6.45) is -2.22. The number of carbonyl (C=O) groups excluding carboxylic acids is 2. The van der Waals surface area contributed by atoms with Crippen LogP contribution in [-0.2, 0) is 28.7 Å². The lowest BCUT2D eigenvalue weighted by molar-refractivity contribution is -0.140. The molecule has 2 fully saturated rings. The highest BCUT2D eigenvalue weighted by Crippen LogP contribution is 2.62. The van der Waals surface area contributed by atoms with Crippen LogP contribution in [0.5, 0.6) is 5.88 Å². The quantitative estimate of drug-likeness (QED) is 0.554. The van der Waals surface area contributed by atoms with Crippen molar-refractivity contribution in [1.29, 1.82) is 0 Å². The number of halogens is 3. The first kappa shape index (κ1) is 24.6. The molecule has 3 heterocycles. The Morgan fingerprint density at radius 1 is 1.25 bits per heavy atom. The van der Waals surface area contributed by atoms with Gasteiger partial charge in [0, 0.05) is 42.9 Å². The fourth-order valence-corrected chi connectivity index (χ4v) is 5.80. The second kappa shape index (κ2) is 9.08. The number of hydrogen-bond donors (Lipinski definition) is 0. The largest absolute Gasteiger partial charge is 0.474 e. The predicted molar refractivity (Wildman–Crippen MR) is 121 cm³/mol. The van der Waals surface area contributed by atoms with E-state index < -0.39 is 29.7 Å². The lowest BCUT2D eigenvalue weighted by atomic mass is 10.0. The van der Waals surface area contributed by atoms with Crippen LogP contribution in [0.3, 0.4) is 0 Å². The second-order valence-corrected chi connectivity index (χ2v) is 9.89.